The molecule has 0 aliphatic rings. The maximum absolute atomic E-state index is 13.0. The third kappa shape index (κ3) is 4.18. The van der Waals surface area contributed by atoms with Crippen LogP contribution in [0.1, 0.15) is 29.4 Å². The van der Waals surface area contributed by atoms with E-state index >= 15 is 0 Å². The normalized spacial score (nSPS) is 11.5. The second-order valence-corrected chi connectivity index (χ2v) is 7.33. The Balaban J connectivity index is 1.76. The highest BCUT2D eigenvalue weighted by Gasteiger charge is 2.25. The van der Waals surface area contributed by atoms with Crippen LogP contribution in [0.25, 0.3) is 17.1 Å². The lowest BCUT2D eigenvalue weighted by Gasteiger charge is -2.08. The molecule has 12 heteroatoms. The van der Waals surface area contributed by atoms with Crippen LogP contribution in [0.5, 0.6) is 0 Å². The van der Waals surface area contributed by atoms with Crippen molar-refractivity contribution < 1.29 is 9.42 Å². The quantitative estimate of drug-likeness (QED) is 0.323. The van der Waals surface area contributed by atoms with Gasteiger partial charge in [-0.05, 0) is 34.4 Å². The molecule has 4 rings (SSSR count). The molecule has 2 heterocycles. The summed E-state index contributed by atoms with van der Waals surface area (Å²) in [6.07, 6.45) is 0.609. The van der Waals surface area contributed by atoms with Gasteiger partial charge in [-0.15, -0.1) is 5.10 Å². The molecule has 162 valence electrons. The topological polar surface area (TPSA) is 137 Å². The number of nitrogens with zero attached hydrogens (tertiary/aromatic N) is 6. The number of halogens is 2. The van der Waals surface area contributed by atoms with E-state index in [1.165, 1.54) is 4.68 Å². The molecule has 0 bridgehead atoms. The van der Waals surface area contributed by atoms with Crippen molar-refractivity contribution in [3.63, 3.8) is 0 Å². The maximum Gasteiger partial charge on any atom is 0.294 e. The Bertz CT molecular complexity index is 1300. The number of nitrogens with two attached hydrogens (primary N) is 1. The minimum atomic E-state index is -0.589. The molecule has 2 aromatic carbocycles. The molecule has 10 nitrogen and oxygen atoms in total. The third-order valence-electron chi connectivity index (χ3n) is 4.51. The highest BCUT2D eigenvalue weighted by Crippen LogP contribution is 2.31. The molecule has 0 saturated carbocycles. The van der Waals surface area contributed by atoms with Gasteiger partial charge in [0.1, 0.15) is 5.69 Å². The summed E-state index contributed by atoms with van der Waals surface area (Å²) in [5.41, 5.74) is 10.7. The predicted octanol–water partition coefficient (Wildman–Crippen LogP) is 3.75. The Morgan fingerprint density at radius 2 is 1.94 bits per heavy atom. The van der Waals surface area contributed by atoms with Crippen molar-refractivity contribution in [3.8, 4) is 17.1 Å². The van der Waals surface area contributed by atoms with Gasteiger partial charge in [0.05, 0.1) is 15.8 Å². The molecular formula is C20H16Cl2N8O2. The molecule has 3 N–H and O–H groups in total. The Hall–Kier alpha value is -3.76. The van der Waals surface area contributed by atoms with E-state index in [9.17, 15) is 4.79 Å². The summed E-state index contributed by atoms with van der Waals surface area (Å²) >= 11 is 12.2. The summed E-state index contributed by atoms with van der Waals surface area (Å²) in [5, 5.41) is 20.2. The molecule has 32 heavy (non-hydrogen) atoms. The lowest BCUT2D eigenvalue weighted by Crippen LogP contribution is -2.21. The van der Waals surface area contributed by atoms with Crippen LogP contribution < -0.4 is 11.2 Å². The summed E-state index contributed by atoms with van der Waals surface area (Å²) < 4.78 is 5.90. The van der Waals surface area contributed by atoms with E-state index in [-0.39, 0.29) is 28.0 Å². The van der Waals surface area contributed by atoms with Gasteiger partial charge in [-0.25, -0.2) is 10.1 Å². The van der Waals surface area contributed by atoms with Gasteiger partial charge in [0, 0.05) is 5.56 Å². The number of aromatic nitrogens is 5. The minimum absolute atomic E-state index is 0.0291. The third-order valence-corrected chi connectivity index (χ3v) is 5.25. The van der Waals surface area contributed by atoms with Gasteiger partial charge in [0.25, 0.3) is 5.91 Å². The number of benzene rings is 2. The molecule has 0 atom stereocenters. The second-order valence-electron chi connectivity index (χ2n) is 6.52. The van der Waals surface area contributed by atoms with Crippen molar-refractivity contribution in [3.05, 3.63) is 69.8 Å². The van der Waals surface area contributed by atoms with Crippen molar-refractivity contribution in [1.29, 1.82) is 0 Å². The molecule has 0 radical (unpaired) electrons. The van der Waals surface area contributed by atoms with Crippen molar-refractivity contribution in [1.82, 2.24) is 30.7 Å². The van der Waals surface area contributed by atoms with Crippen LogP contribution in [-0.4, -0.2) is 36.9 Å². The standard InChI is InChI=1S/C20H16Cl2N8O2/c1-2-15(11-6-4-3-5-7-11)24-26-20(31)16-17(12-8-9-13(21)14(22)10-12)30(29-25-16)19-18(23)27-32-28-19/h3-10H,2H2,1H3,(H2,23,27)(H,26,31)/b24-15-. The maximum atomic E-state index is 13.0. The molecule has 0 aliphatic carbocycles. The zero-order valence-corrected chi connectivity index (χ0v) is 18.2. The number of nitrogen functional groups attached to an aromatic ring is 1. The number of carbonyl (C=O) groups excluding carboxylic acids is 1. The van der Waals surface area contributed by atoms with Gasteiger partial charge < -0.3 is 5.73 Å². The van der Waals surface area contributed by atoms with Crippen LogP contribution in [-0.2, 0) is 0 Å². The smallest absolute Gasteiger partial charge is 0.294 e. The number of hydrazone groups is 1. The zero-order valence-electron chi connectivity index (χ0n) is 16.7. The number of amides is 1. The summed E-state index contributed by atoms with van der Waals surface area (Å²) in [4.78, 5) is 13.0. The molecule has 4 aromatic rings. The monoisotopic (exact) mass is 470 g/mol. The van der Waals surface area contributed by atoms with Crippen LogP contribution in [0.3, 0.4) is 0 Å². The Labute approximate surface area is 192 Å². The Morgan fingerprint density at radius 3 is 2.59 bits per heavy atom. The first-order valence-electron chi connectivity index (χ1n) is 9.41. The number of anilines is 1. The van der Waals surface area contributed by atoms with Gasteiger partial charge in [-0.1, -0.05) is 71.7 Å². The van der Waals surface area contributed by atoms with Crippen LogP contribution in [0.4, 0.5) is 5.82 Å². The van der Waals surface area contributed by atoms with Crippen molar-refractivity contribution in [2.45, 2.75) is 13.3 Å². The van der Waals surface area contributed by atoms with Gasteiger partial charge in [-0.3, -0.25) is 4.79 Å². The number of nitrogens with one attached hydrogen (secondary N) is 1. The number of rotatable bonds is 6. The molecule has 0 unspecified atom stereocenters. The lowest BCUT2D eigenvalue weighted by molar-refractivity contribution is 0.0950. The number of hydrogen-bond donors (Lipinski definition) is 2. The Morgan fingerprint density at radius 1 is 1.16 bits per heavy atom. The van der Waals surface area contributed by atoms with Gasteiger partial charge in [0.2, 0.25) is 11.6 Å². The zero-order chi connectivity index (χ0) is 22.7. The first kappa shape index (κ1) is 21.5. The van der Waals surface area contributed by atoms with Gasteiger partial charge >= 0.3 is 0 Å². The highest BCUT2D eigenvalue weighted by atomic mass is 35.5. The second kappa shape index (κ2) is 9.16. The molecule has 0 fully saturated rings. The van der Waals surface area contributed by atoms with Crippen molar-refractivity contribution in [2.24, 2.45) is 5.10 Å². The van der Waals surface area contributed by atoms with E-state index < -0.39 is 5.91 Å². The summed E-state index contributed by atoms with van der Waals surface area (Å²) in [5.74, 6) is -0.549. The molecule has 1 amide bonds. The molecule has 2 aromatic heterocycles. The van der Waals surface area contributed by atoms with Crippen LogP contribution in [0, 0.1) is 0 Å². The minimum Gasteiger partial charge on any atom is -0.378 e. The molecule has 0 saturated heterocycles. The van der Waals surface area contributed by atoms with E-state index in [4.69, 9.17) is 28.9 Å². The van der Waals surface area contributed by atoms with E-state index in [1.807, 2.05) is 37.3 Å². The average molecular weight is 471 g/mol. The van der Waals surface area contributed by atoms with Gasteiger partial charge in [0.15, 0.2) is 5.69 Å². The van der Waals surface area contributed by atoms with E-state index in [2.05, 4.69) is 35.8 Å². The highest BCUT2D eigenvalue weighted by molar-refractivity contribution is 6.42. The first-order valence-corrected chi connectivity index (χ1v) is 10.2. The molecule has 0 spiro atoms. The summed E-state index contributed by atoms with van der Waals surface area (Å²) in [7, 11) is 0. The molecule has 0 aliphatic heterocycles. The Kier molecular flexibility index (Phi) is 6.15. The summed E-state index contributed by atoms with van der Waals surface area (Å²) in [6, 6.07) is 14.3. The number of carbonyl (C=O) groups is 1. The fourth-order valence-corrected chi connectivity index (χ4v) is 3.27. The van der Waals surface area contributed by atoms with E-state index in [0.29, 0.717) is 22.7 Å². The van der Waals surface area contributed by atoms with Crippen LogP contribution in [0.2, 0.25) is 10.0 Å². The predicted molar refractivity (Wildman–Crippen MR) is 120 cm³/mol. The van der Waals surface area contributed by atoms with E-state index in [1.54, 1.807) is 18.2 Å². The molecular weight excluding hydrogens is 455 g/mol. The van der Waals surface area contributed by atoms with Crippen LogP contribution >= 0.6 is 23.2 Å². The van der Waals surface area contributed by atoms with Crippen molar-refractivity contribution in [2.75, 3.05) is 5.73 Å². The first-order chi connectivity index (χ1) is 15.5. The van der Waals surface area contributed by atoms with Crippen molar-refractivity contribution >= 4 is 40.6 Å². The van der Waals surface area contributed by atoms with Gasteiger partial charge in [-0.2, -0.15) is 9.78 Å². The van der Waals surface area contributed by atoms with E-state index in [0.717, 1.165) is 5.56 Å². The number of hydrogen-bond acceptors (Lipinski definition) is 8. The lowest BCUT2D eigenvalue weighted by atomic mass is 10.1. The SMILES string of the molecule is CC/C(=N/NC(=O)c1nnn(-c2nonc2N)c1-c1ccc(Cl)c(Cl)c1)c1ccccc1. The fourth-order valence-electron chi connectivity index (χ4n) is 2.97. The fraction of sp³-hybridized carbons (Fsp3) is 0.100. The largest absolute Gasteiger partial charge is 0.378 e. The average Bonchev–Trinajstić information content (AvgIpc) is 3.42. The van der Waals surface area contributed by atoms with Crippen LogP contribution in [0.15, 0.2) is 58.3 Å². The summed E-state index contributed by atoms with van der Waals surface area (Å²) in [6.45, 7) is 1.94.